The first-order chi connectivity index (χ1) is 4.63. The van der Waals surface area contributed by atoms with Crippen LogP contribution >= 0.6 is 0 Å². The van der Waals surface area contributed by atoms with Gasteiger partial charge in [0.2, 0.25) is 0 Å². The van der Waals surface area contributed by atoms with E-state index in [1.54, 1.807) is 0 Å². The van der Waals surface area contributed by atoms with E-state index in [0.717, 1.165) is 6.42 Å². The van der Waals surface area contributed by atoms with Gasteiger partial charge in [-0.05, 0) is 13.1 Å². The quantitative estimate of drug-likeness (QED) is 0.358. The van der Waals surface area contributed by atoms with E-state index in [1.165, 1.54) is 0 Å². The van der Waals surface area contributed by atoms with Gasteiger partial charge in [0.25, 0.3) is 0 Å². The Kier molecular flexibility index (Phi) is 4.18. The predicted octanol–water partition coefficient (Wildman–Crippen LogP) is -0.758. The summed E-state index contributed by atoms with van der Waals surface area (Å²) in [6, 6.07) is 0. The van der Waals surface area contributed by atoms with Crippen molar-refractivity contribution < 1.29 is 0 Å². The lowest BCUT2D eigenvalue weighted by Crippen LogP contribution is -2.46. The molecule has 60 valence electrons. The highest BCUT2D eigenvalue weighted by Gasteiger charge is 2.18. The molecule has 0 radical (unpaired) electrons. The van der Waals surface area contributed by atoms with Gasteiger partial charge in [-0.25, -0.2) is 0 Å². The molecular weight excluding hydrogens is 128 g/mol. The Morgan fingerprint density at radius 2 is 1.90 bits per heavy atom. The van der Waals surface area contributed by atoms with Crippen LogP contribution in [0, 0.1) is 5.92 Å². The molecule has 0 saturated carbocycles. The molecule has 0 aliphatic heterocycles. The third-order valence-electron chi connectivity index (χ3n) is 1.62. The van der Waals surface area contributed by atoms with Gasteiger partial charge >= 0.3 is 0 Å². The summed E-state index contributed by atoms with van der Waals surface area (Å²) in [5, 5.41) is 0. The van der Waals surface area contributed by atoms with Crippen molar-refractivity contribution in [3.63, 3.8) is 0 Å². The van der Waals surface area contributed by atoms with Gasteiger partial charge < -0.3 is 17.2 Å². The first-order valence-corrected chi connectivity index (χ1v) is 3.36. The second-order valence-electron chi connectivity index (χ2n) is 2.32. The molecule has 2 unspecified atom stereocenters. The molecule has 0 amide bonds. The number of rotatable bonds is 4. The van der Waals surface area contributed by atoms with Crippen LogP contribution in [0.15, 0.2) is 4.99 Å². The average molecular weight is 144 g/mol. The molecule has 10 heavy (non-hydrogen) atoms. The van der Waals surface area contributed by atoms with Gasteiger partial charge in [0.05, 0.1) is 6.17 Å². The van der Waals surface area contributed by atoms with Crippen molar-refractivity contribution in [1.29, 1.82) is 0 Å². The molecule has 4 heteroatoms. The van der Waals surface area contributed by atoms with Crippen LogP contribution in [-0.2, 0) is 0 Å². The molecule has 6 N–H and O–H groups in total. The summed E-state index contributed by atoms with van der Waals surface area (Å²) >= 11 is 0. The van der Waals surface area contributed by atoms with Crippen molar-refractivity contribution in [3.8, 4) is 0 Å². The van der Waals surface area contributed by atoms with E-state index < -0.39 is 6.17 Å². The molecule has 0 heterocycles. The van der Waals surface area contributed by atoms with Gasteiger partial charge in [0.15, 0.2) is 0 Å². The SMILES string of the molecule is C=NC(N)C(CC)C(N)N. The van der Waals surface area contributed by atoms with Crippen molar-refractivity contribution in [1.82, 2.24) is 0 Å². The highest BCUT2D eigenvalue weighted by Crippen LogP contribution is 2.07. The zero-order valence-corrected chi connectivity index (χ0v) is 6.33. The summed E-state index contributed by atoms with van der Waals surface area (Å²) in [5.74, 6) is 0.0394. The fourth-order valence-corrected chi connectivity index (χ4v) is 0.877. The fraction of sp³-hybridized carbons (Fsp3) is 0.833. The fourth-order valence-electron chi connectivity index (χ4n) is 0.877. The summed E-state index contributed by atoms with van der Waals surface area (Å²) < 4.78 is 0. The Hall–Kier alpha value is -0.450. The Labute approximate surface area is 61.5 Å². The van der Waals surface area contributed by atoms with Gasteiger partial charge in [-0.1, -0.05) is 6.92 Å². The minimum Gasteiger partial charge on any atom is -0.316 e. The van der Waals surface area contributed by atoms with Crippen molar-refractivity contribution in [3.05, 3.63) is 0 Å². The molecule has 4 nitrogen and oxygen atoms in total. The third-order valence-corrected chi connectivity index (χ3v) is 1.62. The van der Waals surface area contributed by atoms with Crippen LogP contribution in [0.3, 0.4) is 0 Å². The lowest BCUT2D eigenvalue weighted by atomic mass is 10.0. The Bertz CT molecular complexity index is 102. The molecule has 0 fully saturated rings. The van der Waals surface area contributed by atoms with Gasteiger partial charge in [-0.3, -0.25) is 4.99 Å². The molecule has 0 aromatic carbocycles. The molecule has 0 bridgehead atoms. The van der Waals surface area contributed by atoms with Crippen LogP contribution in [-0.4, -0.2) is 19.0 Å². The lowest BCUT2D eigenvalue weighted by molar-refractivity contribution is 0.352. The summed E-state index contributed by atoms with van der Waals surface area (Å²) in [5.41, 5.74) is 16.4. The molecule has 0 aromatic heterocycles. The molecule has 0 aliphatic rings. The summed E-state index contributed by atoms with van der Waals surface area (Å²) in [7, 11) is 0. The largest absolute Gasteiger partial charge is 0.316 e. The molecule has 0 aliphatic carbocycles. The van der Waals surface area contributed by atoms with E-state index in [9.17, 15) is 0 Å². The summed E-state index contributed by atoms with van der Waals surface area (Å²) in [6.07, 6.45) is 0.105. The van der Waals surface area contributed by atoms with E-state index >= 15 is 0 Å². The Balaban J connectivity index is 3.92. The molecule has 0 spiro atoms. The average Bonchev–Trinajstić information content (AvgIpc) is 1.88. The van der Waals surface area contributed by atoms with Crippen LogP contribution in [0.2, 0.25) is 0 Å². The second-order valence-corrected chi connectivity index (χ2v) is 2.32. The molecule has 2 atom stereocenters. The third kappa shape index (κ3) is 2.43. The maximum atomic E-state index is 5.54. The van der Waals surface area contributed by atoms with Gasteiger partial charge in [0.1, 0.15) is 6.17 Å². The van der Waals surface area contributed by atoms with E-state index in [4.69, 9.17) is 17.2 Å². The number of hydrogen-bond donors (Lipinski definition) is 3. The monoisotopic (exact) mass is 144 g/mol. The van der Waals surface area contributed by atoms with Gasteiger partial charge in [-0.2, -0.15) is 0 Å². The van der Waals surface area contributed by atoms with Gasteiger partial charge in [-0.15, -0.1) is 0 Å². The topological polar surface area (TPSA) is 90.4 Å². The van der Waals surface area contributed by atoms with Gasteiger partial charge in [0, 0.05) is 5.92 Å². The Morgan fingerprint density at radius 3 is 2.00 bits per heavy atom. The van der Waals surface area contributed by atoms with E-state index in [2.05, 4.69) is 11.7 Å². The maximum absolute atomic E-state index is 5.54. The first kappa shape index (κ1) is 9.55. The zero-order chi connectivity index (χ0) is 8.15. The minimum atomic E-state index is -0.398. The second kappa shape index (κ2) is 4.38. The van der Waals surface area contributed by atoms with Crippen molar-refractivity contribution >= 4 is 6.72 Å². The normalized spacial score (nSPS) is 16.9. The predicted molar refractivity (Wildman–Crippen MR) is 43.5 cm³/mol. The van der Waals surface area contributed by atoms with Crippen LogP contribution in [0.4, 0.5) is 0 Å². The van der Waals surface area contributed by atoms with E-state index in [0.29, 0.717) is 0 Å². The van der Waals surface area contributed by atoms with E-state index in [-0.39, 0.29) is 12.1 Å². The number of hydrogen-bond acceptors (Lipinski definition) is 4. The summed E-state index contributed by atoms with van der Waals surface area (Å²) in [6.45, 7) is 5.30. The van der Waals surface area contributed by atoms with Crippen molar-refractivity contribution in [2.45, 2.75) is 25.7 Å². The van der Waals surface area contributed by atoms with Crippen molar-refractivity contribution in [2.75, 3.05) is 0 Å². The van der Waals surface area contributed by atoms with E-state index in [1.807, 2.05) is 6.92 Å². The molecule has 0 saturated heterocycles. The highest BCUT2D eigenvalue weighted by molar-refractivity contribution is 5.24. The van der Waals surface area contributed by atoms with Crippen LogP contribution < -0.4 is 17.2 Å². The number of aliphatic imine (C=N–C) groups is 1. The smallest absolute Gasteiger partial charge is 0.102 e. The van der Waals surface area contributed by atoms with Crippen LogP contribution in [0.5, 0.6) is 0 Å². The zero-order valence-electron chi connectivity index (χ0n) is 6.33. The molecular formula is C6H16N4. The Morgan fingerprint density at radius 1 is 1.40 bits per heavy atom. The maximum Gasteiger partial charge on any atom is 0.102 e. The highest BCUT2D eigenvalue weighted by atomic mass is 15.0. The molecule has 0 rings (SSSR count). The summed E-state index contributed by atoms with van der Waals surface area (Å²) in [4.78, 5) is 3.65. The lowest BCUT2D eigenvalue weighted by Gasteiger charge is -2.21. The minimum absolute atomic E-state index is 0.0394. The number of nitrogens with zero attached hydrogens (tertiary/aromatic N) is 1. The standard InChI is InChI=1S/C6H16N4/c1-3-4(5(7)8)6(9)10-2/h4-6H,2-3,7-9H2,1H3. The molecule has 0 aromatic rings. The number of nitrogens with two attached hydrogens (primary N) is 3. The van der Waals surface area contributed by atoms with Crippen LogP contribution in [0.1, 0.15) is 13.3 Å². The van der Waals surface area contributed by atoms with Crippen LogP contribution in [0.25, 0.3) is 0 Å². The first-order valence-electron chi connectivity index (χ1n) is 3.36. The van der Waals surface area contributed by atoms with Crippen molar-refractivity contribution in [2.24, 2.45) is 28.1 Å².